The van der Waals surface area contributed by atoms with Crippen molar-refractivity contribution in [1.82, 2.24) is 20.4 Å². The van der Waals surface area contributed by atoms with Crippen LogP contribution in [-0.4, -0.2) is 60.0 Å². The number of benzene rings is 1. The van der Waals surface area contributed by atoms with Crippen LogP contribution < -0.4 is 10.1 Å². The van der Waals surface area contributed by atoms with Gasteiger partial charge >= 0.3 is 0 Å². The summed E-state index contributed by atoms with van der Waals surface area (Å²) < 4.78 is 18.7. The highest BCUT2D eigenvalue weighted by molar-refractivity contribution is 5.78. The Morgan fingerprint density at radius 3 is 3.16 bits per heavy atom. The van der Waals surface area contributed by atoms with Gasteiger partial charge in [-0.3, -0.25) is 14.8 Å². The fourth-order valence-corrected chi connectivity index (χ4v) is 2.89. The van der Waals surface area contributed by atoms with Crippen molar-refractivity contribution in [2.45, 2.75) is 19.5 Å². The number of carbonyl (C=O) groups is 1. The van der Waals surface area contributed by atoms with E-state index in [-0.39, 0.29) is 12.5 Å². The summed E-state index contributed by atoms with van der Waals surface area (Å²) in [7, 11) is 0. The summed E-state index contributed by atoms with van der Waals surface area (Å²) in [5, 5.41) is 9.74. The molecule has 1 amide bonds. The lowest BCUT2D eigenvalue weighted by Gasteiger charge is -2.14. The maximum Gasteiger partial charge on any atom is 0.234 e. The number of ether oxygens (including phenoxy) is 1. The van der Waals surface area contributed by atoms with Gasteiger partial charge in [0.05, 0.1) is 18.8 Å². The zero-order valence-corrected chi connectivity index (χ0v) is 14.2. The second kappa shape index (κ2) is 8.11. The minimum atomic E-state index is -0.807. The minimum Gasteiger partial charge on any atom is -0.492 e. The van der Waals surface area contributed by atoms with Crippen molar-refractivity contribution in [3.63, 3.8) is 0 Å². The van der Waals surface area contributed by atoms with Crippen LogP contribution in [0.1, 0.15) is 12.1 Å². The molecule has 2 N–H and O–H groups in total. The lowest BCUT2D eigenvalue weighted by Crippen LogP contribution is -2.37. The molecule has 0 spiro atoms. The number of nitrogens with one attached hydrogen (secondary N) is 2. The molecule has 1 aliphatic heterocycles. The van der Waals surface area contributed by atoms with E-state index >= 15 is 0 Å². The van der Waals surface area contributed by atoms with Gasteiger partial charge < -0.3 is 10.1 Å². The number of likely N-dealkylation sites (tertiary alicyclic amines) is 1. The Kier molecular flexibility index (Phi) is 5.65. The average molecular weight is 345 g/mol. The first-order valence-electron chi connectivity index (χ1n) is 8.39. The molecule has 1 fully saturated rings. The van der Waals surface area contributed by atoms with Gasteiger partial charge in [-0.05, 0) is 43.2 Å². The summed E-state index contributed by atoms with van der Waals surface area (Å²) in [6, 6.07) is 8.60. The monoisotopic (exact) mass is 345 g/mol. The first-order chi connectivity index (χ1) is 12.1. The number of H-pyrrole nitrogens is 1. The number of aryl methyl sites for hydroxylation is 1. The third-order valence-corrected chi connectivity index (χ3v) is 4.18. The van der Waals surface area contributed by atoms with E-state index in [0.29, 0.717) is 38.4 Å². The van der Waals surface area contributed by atoms with Gasteiger partial charge in [0.1, 0.15) is 18.5 Å². The van der Waals surface area contributed by atoms with Gasteiger partial charge in [0.2, 0.25) is 5.91 Å². The minimum absolute atomic E-state index is 0.105. The summed E-state index contributed by atoms with van der Waals surface area (Å²) >= 11 is 0. The Balaban J connectivity index is 1.42. The van der Waals surface area contributed by atoms with E-state index in [9.17, 15) is 9.18 Å². The highest BCUT2D eigenvalue weighted by atomic mass is 19.1. The average Bonchev–Trinajstić information content (AvgIpc) is 3.20. The van der Waals surface area contributed by atoms with Gasteiger partial charge in [-0.2, -0.15) is 5.10 Å². The number of hydrogen-bond donors (Lipinski definition) is 2. The van der Waals surface area contributed by atoms with Crippen molar-refractivity contribution in [2.24, 2.45) is 0 Å². The Hall–Kier alpha value is -2.41. The third-order valence-electron chi connectivity index (χ3n) is 4.18. The Labute approximate surface area is 146 Å². The van der Waals surface area contributed by atoms with Crippen molar-refractivity contribution in [2.75, 3.05) is 32.8 Å². The number of aromatic nitrogens is 2. The predicted octanol–water partition coefficient (Wildman–Crippen LogP) is 1.72. The van der Waals surface area contributed by atoms with E-state index in [0.717, 1.165) is 16.8 Å². The zero-order chi connectivity index (χ0) is 17.6. The van der Waals surface area contributed by atoms with Crippen LogP contribution in [0.4, 0.5) is 4.39 Å². The van der Waals surface area contributed by atoms with E-state index in [2.05, 4.69) is 21.6 Å². The molecular weight excluding hydrogens is 323 g/mol. The molecule has 2 aromatic rings. The summed E-state index contributed by atoms with van der Waals surface area (Å²) in [5.74, 6) is 0.583. The normalized spacial score (nSPS) is 17.6. The quantitative estimate of drug-likeness (QED) is 0.750. The number of nitrogens with zero attached hydrogens (tertiary/aromatic N) is 2. The summed E-state index contributed by atoms with van der Waals surface area (Å²) in [5.41, 5.74) is 2.89. The molecule has 0 bridgehead atoms. The first kappa shape index (κ1) is 17.4. The molecule has 0 saturated carbocycles. The molecule has 133 valence electrons. The number of hydrogen-bond acceptors (Lipinski definition) is 4. The molecule has 3 rings (SSSR count). The molecule has 0 unspecified atom stereocenters. The van der Waals surface area contributed by atoms with Crippen LogP contribution in [0, 0.1) is 13.0 Å². The maximum absolute atomic E-state index is 13.1. The maximum atomic E-state index is 13.1. The predicted molar refractivity (Wildman–Crippen MR) is 92.1 cm³/mol. The summed E-state index contributed by atoms with van der Waals surface area (Å²) in [4.78, 5) is 13.6. The van der Waals surface area contributed by atoms with Crippen LogP contribution in [0.5, 0.6) is 5.75 Å². The van der Waals surface area contributed by atoms with Gasteiger partial charge in [0.15, 0.2) is 0 Å². The first-order valence-corrected chi connectivity index (χ1v) is 8.39. The molecular formula is C18H22FN4O2. The molecule has 1 aromatic heterocycles. The number of carbonyl (C=O) groups excluding carboxylic acids is 1. The molecule has 6 nitrogen and oxygen atoms in total. The number of amides is 1. The standard InChI is InChI=1S/C18H22FN4O2/c1-13-17(10-21-22-13)14-3-2-4-16(9-14)25-8-6-20-18(24)12-23-7-5-15(19)11-23/h3-4,9-10,15H,5-8,11-12H2,1H3,(H,20,24)(H,21,22)/t15-/m1/s1. The molecule has 1 aliphatic rings. The molecule has 2 heterocycles. The fourth-order valence-electron chi connectivity index (χ4n) is 2.89. The summed E-state index contributed by atoms with van der Waals surface area (Å²) in [6.45, 7) is 3.92. The van der Waals surface area contributed by atoms with Crippen molar-refractivity contribution in [3.8, 4) is 16.9 Å². The highest BCUT2D eigenvalue weighted by Crippen LogP contribution is 2.25. The van der Waals surface area contributed by atoms with Crippen LogP contribution in [0.2, 0.25) is 0 Å². The Bertz CT molecular complexity index is 719. The fraction of sp³-hybridized carbons (Fsp3) is 0.444. The van der Waals surface area contributed by atoms with E-state index in [4.69, 9.17) is 4.74 Å². The molecule has 0 aliphatic carbocycles. The number of rotatable bonds is 7. The molecule has 25 heavy (non-hydrogen) atoms. The SMILES string of the molecule is Cc1n[nH]cc1-c1c[c]cc(OCCNC(=O)CN2CC[C@@H](F)C2)c1. The van der Waals surface area contributed by atoms with Gasteiger partial charge in [-0.15, -0.1) is 0 Å². The van der Waals surface area contributed by atoms with Crippen molar-refractivity contribution in [1.29, 1.82) is 0 Å². The van der Waals surface area contributed by atoms with E-state index in [1.54, 1.807) is 6.07 Å². The summed E-state index contributed by atoms with van der Waals surface area (Å²) in [6.07, 6.45) is 1.54. The third kappa shape index (κ3) is 4.79. The molecule has 1 saturated heterocycles. The highest BCUT2D eigenvalue weighted by Gasteiger charge is 2.23. The number of aromatic amines is 1. The van der Waals surface area contributed by atoms with E-state index < -0.39 is 6.17 Å². The topological polar surface area (TPSA) is 70.2 Å². The van der Waals surface area contributed by atoms with Gasteiger partial charge in [-0.1, -0.05) is 0 Å². The molecule has 1 atom stereocenters. The van der Waals surface area contributed by atoms with Crippen molar-refractivity contribution >= 4 is 5.91 Å². The van der Waals surface area contributed by atoms with Crippen LogP contribution in [-0.2, 0) is 4.79 Å². The lowest BCUT2D eigenvalue weighted by atomic mass is 10.1. The van der Waals surface area contributed by atoms with Gasteiger partial charge in [0.25, 0.3) is 0 Å². The second-order valence-electron chi connectivity index (χ2n) is 6.16. The van der Waals surface area contributed by atoms with Crippen LogP contribution in [0.3, 0.4) is 0 Å². The zero-order valence-electron chi connectivity index (χ0n) is 14.2. The van der Waals surface area contributed by atoms with E-state index in [1.165, 1.54) is 0 Å². The Morgan fingerprint density at radius 1 is 1.56 bits per heavy atom. The Morgan fingerprint density at radius 2 is 2.44 bits per heavy atom. The largest absolute Gasteiger partial charge is 0.492 e. The number of halogens is 1. The van der Waals surface area contributed by atoms with Crippen LogP contribution in [0.25, 0.3) is 11.1 Å². The van der Waals surface area contributed by atoms with Crippen molar-refractivity contribution < 1.29 is 13.9 Å². The van der Waals surface area contributed by atoms with Crippen LogP contribution in [0.15, 0.2) is 24.4 Å². The van der Waals surface area contributed by atoms with E-state index in [1.807, 2.05) is 30.2 Å². The second-order valence-corrected chi connectivity index (χ2v) is 6.16. The smallest absolute Gasteiger partial charge is 0.234 e. The molecule has 1 radical (unpaired) electrons. The molecule has 1 aromatic carbocycles. The van der Waals surface area contributed by atoms with Crippen molar-refractivity contribution in [3.05, 3.63) is 36.2 Å². The number of alkyl halides is 1. The van der Waals surface area contributed by atoms with Crippen LogP contribution >= 0.6 is 0 Å². The van der Waals surface area contributed by atoms with Gasteiger partial charge in [0, 0.05) is 24.8 Å². The lowest BCUT2D eigenvalue weighted by molar-refractivity contribution is -0.122. The molecule has 7 heteroatoms. The van der Waals surface area contributed by atoms with Gasteiger partial charge in [-0.25, -0.2) is 4.39 Å².